The number of anilines is 1. The number of carbonyl (C=O) groups is 3. The van der Waals surface area contributed by atoms with Crippen LogP contribution < -0.4 is 15.4 Å². The Kier molecular flexibility index (Phi) is 9.81. The molecule has 9 nitrogen and oxygen atoms in total. The minimum Gasteiger partial charge on any atom is -0.488 e. The zero-order chi connectivity index (χ0) is 25.3. The molecule has 0 saturated carbocycles. The van der Waals surface area contributed by atoms with Crippen molar-refractivity contribution in [2.75, 3.05) is 19.0 Å². The molecule has 2 rings (SSSR count). The Morgan fingerprint density at radius 1 is 1.15 bits per heavy atom. The lowest BCUT2D eigenvalue weighted by atomic mass is 10.2. The number of hydrogen-bond acceptors (Lipinski definition) is 5. The van der Waals surface area contributed by atoms with E-state index in [1.807, 2.05) is 0 Å². The van der Waals surface area contributed by atoms with Gasteiger partial charge in [-0.05, 0) is 43.7 Å². The summed E-state index contributed by atoms with van der Waals surface area (Å²) < 4.78 is 24.3. The van der Waals surface area contributed by atoms with Gasteiger partial charge in [0.1, 0.15) is 6.54 Å². The second-order valence-electron chi connectivity index (χ2n) is 7.34. The third-order valence-electron chi connectivity index (χ3n) is 4.26. The number of benzene rings is 2. The van der Waals surface area contributed by atoms with Crippen molar-refractivity contribution in [2.24, 2.45) is 4.99 Å². The Labute approximate surface area is 201 Å². The standard InChI is InChI=1S/C23H26ClFN4O5/c1-14(2)34-20-10-9-18(11-19(20)25)27-22(26-12-16-5-7-17(24)8-6-16)28-23(32)29(15(3)30)13-21(31)33-4/h5-11,14H,12-13H2,1-4H3,(H2,26,27,28,32). The van der Waals surface area contributed by atoms with Gasteiger partial charge in [0.25, 0.3) is 0 Å². The van der Waals surface area contributed by atoms with Crippen molar-refractivity contribution >= 4 is 41.2 Å². The van der Waals surface area contributed by atoms with Crippen LogP contribution in [0, 0.1) is 5.82 Å². The van der Waals surface area contributed by atoms with Gasteiger partial charge in [-0.15, -0.1) is 0 Å². The number of rotatable bonds is 7. The average Bonchev–Trinajstić information content (AvgIpc) is 2.77. The van der Waals surface area contributed by atoms with Crippen LogP contribution in [-0.4, -0.2) is 48.5 Å². The lowest BCUT2D eigenvalue weighted by Crippen LogP contribution is -2.40. The summed E-state index contributed by atoms with van der Waals surface area (Å²) in [6, 6.07) is 10.1. The van der Waals surface area contributed by atoms with Gasteiger partial charge in [0.05, 0.1) is 13.2 Å². The number of guanidine groups is 1. The summed E-state index contributed by atoms with van der Waals surface area (Å²) in [5.74, 6) is -2.10. The molecule has 11 heteroatoms. The topological polar surface area (TPSA) is 109 Å². The van der Waals surface area contributed by atoms with E-state index in [4.69, 9.17) is 16.3 Å². The number of ether oxygens (including phenoxy) is 2. The first kappa shape index (κ1) is 26.6. The first-order valence-corrected chi connectivity index (χ1v) is 10.7. The normalized spacial score (nSPS) is 11.1. The number of hydrogen-bond donors (Lipinski definition) is 2. The van der Waals surface area contributed by atoms with Crippen LogP contribution in [0.5, 0.6) is 5.75 Å². The number of esters is 1. The van der Waals surface area contributed by atoms with Gasteiger partial charge >= 0.3 is 12.0 Å². The van der Waals surface area contributed by atoms with Gasteiger partial charge in [-0.25, -0.2) is 9.18 Å². The fourth-order valence-corrected chi connectivity index (χ4v) is 2.75. The molecule has 182 valence electrons. The Balaban J connectivity index is 2.29. The van der Waals surface area contributed by atoms with Crippen LogP contribution >= 0.6 is 11.6 Å². The van der Waals surface area contributed by atoms with Gasteiger partial charge in [-0.3, -0.25) is 14.5 Å². The van der Waals surface area contributed by atoms with E-state index in [-0.39, 0.29) is 30.0 Å². The number of amides is 3. The minimum absolute atomic E-state index is 0.0741. The zero-order valence-electron chi connectivity index (χ0n) is 19.2. The summed E-state index contributed by atoms with van der Waals surface area (Å²) in [6.45, 7) is 4.29. The zero-order valence-corrected chi connectivity index (χ0v) is 20.0. The molecule has 0 unspecified atom stereocenters. The number of carbonyl (C=O) groups excluding carboxylic acids is 3. The van der Waals surface area contributed by atoms with Gasteiger partial charge in [-0.2, -0.15) is 4.99 Å². The molecule has 0 aliphatic rings. The van der Waals surface area contributed by atoms with Crippen LogP contribution in [0.15, 0.2) is 47.5 Å². The van der Waals surface area contributed by atoms with Crippen LogP contribution in [0.2, 0.25) is 5.02 Å². The summed E-state index contributed by atoms with van der Waals surface area (Å²) in [5, 5.41) is 6.31. The first-order chi connectivity index (χ1) is 16.1. The van der Waals surface area contributed by atoms with Gasteiger partial charge in [0, 0.05) is 30.2 Å². The molecule has 0 saturated heterocycles. The molecule has 2 N–H and O–H groups in total. The number of nitrogens with one attached hydrogen (secondary N) is 2. The highest BCUT2D eigenvalue weighted by molar-refractivity contribution is 6.30. The molecule has 0 fully saturated rings. The Bertz CT molecular complexity index is 1060. The minimum atomic E-state index is -1.01. The summed E-state index contributed by atoms with van der Waals surface area (Å²) >= 11 is 5.91. The van der Waals surface area contributed by atoms with Crippen molar-refractivity contribution in [3.63, 3.8) is 0 Å². The summed E-state index contributed by atoms with van der Waals surface area (Å²) in [6.07, 6.45) is -0.212. The molecule has 34 heavy (non-hydrogen) atoms. The Morgan fingerprint density at radius 2 is 1.82 bits per heavy atom. The first-order valence-electron chi connectivity index (χ1n) is 10.3. The van der Waals surface area contributed by atoms with E-state index in [0.717, 1.165) is 19.6 Å². The van der Waals surface area contributed by atoms with Crippen LogP contribution in [-0.2, 0) is 20.9 Å². The number of nitrogens with zero attached hydrogens (tertiary/aromatic N) is 2. The maximum absolute atomic E-state index is 14.4. The Hall–Kier alpha value is -3.66. The van der Waals surface area contributed by atoms with Crippen molar-refractivity contribution in [2.45, 2.75) is 33.4 Å². The van der Waals surface area contributed by atoms with Crippen LogP contribution in [0.3, 0.4) is 0 Å². The quantitative estimate of drug-likeness (QED) is 0.342. The molecule has 0 spiro atoms. The highest BCUT2D eigenvalue weighted by Gasteiger charge is 2.22. The summed E-state index contributed by atoms with van der Waals surface area (Å²) in [7, 11) is 1.14. The van der Waals surface area contributed by atoms with Crippen molar-refractivity contribution in [1.29, 1.82) is 0 Å². The monoisotopic (exact) mass is 492 g/mol. The number of urea groups is 1. The third-order valence-corrected chi connectivity index (χ3v) is 4.52. The van der Waals surface area contributed by atoms with E-state index in [9.17, 15) is 18.8 Å². The molecule has 0 aromatic heterocycles. The van der Waals surface area contributed by atoms with E-state index in [2.05, 4.69) is 20.4 Å². The highest BCUT2D eigenvalue weighted by Crippen LogP contribution is 2.22. The lowest BCUT2D eigenvalue weighted by Gasteiger charge is -2.17. The maximum Gasteiger partial charge on any atom is 0.354 e. The van der Waals surface area contributed by atoms with Crippen molar-refractivity contribution < 1.29 is 28.2 Å². The molecule has 0 bridgehead atoms. The summed E-state index contributed by atoms with van der Waals surface area (Å²) in [4.78, 5) is 40.6. The number of halogens is 2. The van der Waals surface area contributed by atoms with E-state index in [0.29, 0.717) is 9.92 Å². The number of imide groups is 1. The van der Waals surface area contributed by atoms with E-state index in [1.165, 1.54) is 12.1 Å². The predicted molar refractivity (Wildman–Crippen MR) is 126 cm³/mol. The second-order valence-corrected chi connectivity index (χ2v) is 7.78. The molecule has 0 aliphatic heterocycles. The number of aliphatic imine (C=N–C) groups is 1. The van der Waals surface area contributed by atoms with Gasteiger partial charge in [0.15, 0.2) is 11.6 Å². The summed E-state index contributed by atoms with van der Waals surface area (Å²) in [5.41, 5.74) is 1.09. The fraction of sp³-hybridized carbons (Fsp3) is 0.304. The average molecular weight is 493 g/mol. The number of methoxy groups -OCH3 is 1. The van der Waals surface area contributed by atoms with Crippen LogP contribution in [0.25, 0.3) is 0 Å². The Morgan fingerprint density at radius 3 is 2.38 bits per heavy atom. The lowest BCUT2D eigenvalue weighted by molar-refractivity contribution is -0.144. The fourth-order valence-electron chi connectivity index (χ4n) is 2.63. The van der Waals surface area contributed by atoms with Gasteiger partial charge < -0.3 is 20.1 Å². The second kappa shape index (κ2) is 12.5. The SMILES string of the molecule is COC(=O)CN(C(C)=O)C(=O)/N=C(\NCc1ccc(Cl)cc1)Nc1ccc(OC(C)C)c(F)c1. The molecule has 0 atom stereocenters. The molecule has 0 radical (unpaired) electrons. The largest absolute Gasteiger partial charge is 0.488 e. The van der Waals surface area contributed by atoms with Crippen molar-refractivity contribution in [3.05, 3.63) is 58.9 Å². The highest BCUT2D eigenvalue weighted by atomic mass is 35.5. The van der Waals surface area contributed by atoms with E-state index >= 15 is 0 Å². The molecular formula is C23H26ClFN4O5. The van der Waals surface area contributed by atoms with Crippen LogP contribution in [0.1, 0.15) is 26.3 Å². The smallest absolute Gasteiger partial charge is 0.354 e. The van der Waals surface area contributed by atoms with Crippen LogP contribution in [0.4, 0.5) is 14.9 Å². The van der Waals surface area contributed by atoms with Crippen molar-refractivity contribution in [3.8, 4) is 5.75 Å². The molecule has 2 aromatic carbocycles. The molecule has 0 heterocycles. The molecule has 2 aromatic rings. The van der Waals surface area contributed by atoms with E-state index < -0.39 is 30.3 Å². The molecule has 0 aliphatic carbocycles. The molecular weight excluding hydrogens is 467 g/mol. The third kappa shape index (κ3) is 8.36. The molecule has 3 amide bonds. The maximum atomic E-state index is 14.4. The van der Waals surface area contributed by atoms with Crippen molar-refractivity contribution in [1.82, 2.24) is 10.2 Å². The predicted octanol–water partition coefficient (Wildman–Crippen LogP) is 3.97. The van der Waals surface area contributed by atoms with Gasteiger partial charge in [0.2, 0.25) is 11.9 Å². The van der Waals surface area contributed by atoms with E-state index in [1.54, 1.807) is 44.2 Å². The van der Waals surface area contributed by atoms with Gasteiger partial charge in [-0.1, -0.05) is 23.7 Å².